The van der Waals surface area contributed by atoms with Gasteiger partial charge in [0.2, 0.25) is 0 Å². The Hall–Kier alpha value is 0.107. The molecule has 0 aromatic heterocycles. The first-order chi connectivity index (χ1) is 33.6. The number of nitrogens with zero attached hydrogens (tertiary/aromatic N) is 6. The minimum Gasteiger partial charge on any atom is 1.00 e. The number of aryl methyl sites for hydroxylation is 6. The Kier molecular flexibility index (Phi) is 22.6. The fourth-order valence-electron chi connectivity index (χ4n) is 15.4. The van der Waals surface area contributed by atoms with Crippen LogP contribution in [-0.2, 0) is 3.76 Å². The summed E-state index contributed by atoms with van der Waals surface area (Å²) in [5, 5.41) is 12.6. The number of allylic oxidation sites excluding steroid dienone is 4. The van der Waals surface area contributed by atoms with E-state index >= 15 is 0 Å². The second-order valence-corrected chi connectivity index (χ2v) is 46.6. The molecule has 0 amide bonds. The van der Waals surface area contributed by atoms with E-state index in [9.17, 15) is 0 Å². The van der Waals surface area contributed by atoms with Crippen molar-refractivity contribution in [3.63, 3.8) is 0 Å². The van der Waals surface area contributed by atoms with Gasteiger partial charge < -0.3 is 5.11 Å². The largest absolute Gasteiger partial charge is 1.00 e. The monoisotopic (exact) mass is 1220 g/mol. The van der Waals surface area contributed by atoms with Crippen molar-refractivity contribution >= 4 is 85.3 Å². The summed E-state index contributed by atoms with van der Waals surface area (Å²) in [7, 11) is 1.71. The minimum atomic E-state index is -1.69. The van der Waals surface area contributed by atoms with Crippen molar-refractivity contribution in [2.45, 2.75) is 225 Å². The third kappa shape index (κ3) is 12.9. The second kappa shape index (κ2) is 25.1. The number of halogens is 1. The van der Waals surface area contributed by atoms with Gasteiger partial charge in [-0.2, -0.15) is 0 Å². The van der Waals surface area contributed by atoms with Crippen molar-refractivity contribution < 1.29 is 27.7 Å². The Balaban J connectivity index is 0.000000292. The van der Waals surface area contributed by atoms with Crippen LogP contribution in [0.5, 0.6) is 0 Å². The Morgan fingerprint density at radius 1 is 0.581 bits per heavy atom. The maximum atomic E-state index is 8.93. The summed E-state index contributed by atoms with van der Waals surface area (Å²) < 4.78 is 24.1. The molecule has 4 fully saturated rings. The normalized spacial score (nSPS) is 24.4. The summed E-state index contributed by atoms with van der Waals surface area (Å²) in [6.45, 7) is 58.1. The van der Waals surface area contributed by atoms with E-state index in [0.717, 1.165) is 18.4 Å². The van der Waals surface area contributed by atoms with E-state index in [1.54, 1.807) is 18.3 Å². The van der Waals surface area contributed by atoms with Crippen LogP contribution in [0.2, 0.25) is 26.2 Å². The van der Waals surface area contributed by atoms with Crippen molar-refractivity contribution in [3.05, 3.63) is 79.7 Å². The maximum absolute atomic E-state index is 8.93. The summed E-state index contributed by atoms with van der Waals surface area (Å²) in [6, 6.07) is 9.48. The van der Waals surface area contributed by atoms with Gasteiger partial charge in [0.25, 0.3) is 0 Å². The average Bonchev–Trinajstić information content (AvgIpc) is 4.03. The van der Waals surface area contributed by atoms with Crippen molar-refractivity contribution in [1.82, 2.24) is 17.3 Å². The van der Waals surface area contributed by atoms with Gasteiger partial charge in [0.1, 0.15) is 0 Å². The number of hydrogen-bond donors (Lipinski definition) is 0. The minimum absolute atomic E-state index is 0. The van der Waals surface area contributed by atoms with Gasteiger partial charge in [-0.1, -0.05) is 6.92 Å². The summed E-state index contributed by atoms with van der Waals surface area (Å²) in [6.07, 6.45) is 16.2. The molecule has 2 heterocycles. The molecule has 2 saturated heterocycles. The van der Waals surface area contributed by atoms with Gasteiger partial charge >= 0.3 is 461 Å². The molecule has 2 saturated carbocycles. The van der Waals surface area contributed by atoms with Gasteiger partial charge in [-0.25, -0.2) is 0 Å². The molecule has 4 unspecified atom stereocenters. The second-order valence-electron chi connectivity index (χ2n) is 27.1. The molecule has 2 aromatic carbocycles. The van der Waals surface area contributed by atoms with Gasteiger partial charge in [-0.05, 0) is 0 Å². The quantitative estimate of drug-likeness (QED) is 0.133. The molecule has 8 rings (SSSR count). The van der Waals surface area contributed by atoms with E-state index in [1.165, 1.54) is 83.3 Å². The molecule has 4 aliphatic carbocycles. The maximum Gasteiger partial charge on any atom is 1.00 e. The molecule has 16 heteroatoms. The van der Waals surface area contributed by atoms with Crippen molar-refractivity contribution in [2.24, 2.45) is 23.7 Å². The molecule has 0 spiro atoms. The van der Waals surface area contributed by atoms with Crippen LogP contribution in [0.25, 0.3) is 0 Å². The van der Waals surface area contributed by atoms with Gasteiger partial charge in [-0.3, -0.25) is 0 Å². The molecule has 0 radical (unpaired) electrons. The zero-order valence-electron chi connectivity index (χ0n) is 51.7. The van der Waals surface area contributed by atoms with Crippen LogP contribution in [0, 0.1) is 78.1 Å². The van der Waals surface area contributed by atoms with Crippen LogP contribution in [0.3, 0.4) is 0 Å². The van der Waals surface area contributed by atoms with Crippen LogP contribution >= 0.6 is 26.5 Å². The molecule has 0 N–H and O–H groups in total. The molecule has 412 valence electrons. The summed E-state index contributed by atoms with van der Waals surface area (Å²) >= 11 is -2.85. The average molecular weight is 1220 g/mol. The fraction of sp³-hybridized carbons (Fsp3) is 0.690. The molecule has 8 nitrogen and oxygen atoms in total. The van der Waals surface area contributed by atoms with Crippen molar-refractivity contribution in [3.8, 4) is 12.8 Å². The first-order valence-electron chi connectivity index (χ1n) is 27.8. The Labute approximate surface area is 488 Å². The summed E-state index contributed by atoms with van der Waals surface area (Å²) in [5.41, 5.74) is 15.5. The van der Waals surface area contributed by atoms with E-state index in [1.807, 2.05) is 10.6 Å². The van der Waals surface area contributed by atoms with E-state index in [4.69, 9.17) is 18.9 Å². The standard InChI is InChI=1S/C28H50GeN3OPSi.C26H45ClGeN3PSi.C2H5O.C2H2.Li/c1-13-33-29-30(24-20(3)16-19(2)17-21(24)4)25-22-14-15-23(18-22)26(25)34-31(27(5,6)7)35(11,12)32(34)28(8,9)10;1-17-14-18(2)22(19(3)15-17)29(28-27)23-20-12-13-21(16-20)24(23)32-30(25(4,5)6)33(10,11)31(32)26(7,8)9;1-2-3;1-2;/h16-17,22-23H,13-15,18,29H2,1-12H3;14-15,20-21H,12-13,16,28H2,1-11H3;2H2,1H3;1-2H;/q3*-1;;+1/p+2. The Bertz CT molecular complexity index is 2300. The summed E-state index contributed by atoms with van der Waals surface area (Å²) in [5.74, 6) is 2.95. The van der Waals surface area contributed by atoms with E-state index in [-0.39, 0.29) is 47.6 Å². The molecule has 74 heavy (non-hydrogen) atoms. The third-order valence-electron chi connectivity index (χ3n) is 16.1. The smallest absolute Gasteiger partial charge is 1.00 e. The van der Waals surface area contributed by atoms with Gasteiger partial charge in [0.05, 0.1) is 0 Å². The predicted octanol–water partition coefficient (Wildman–Crippen LogP) is 10.9. The van der Waals surface area contributed by atoms with Crippen LogP contribution in [0.15, 0.2) is 46.3 Å². The molecule has 6 aliphatic rings. The number of benzene rings is 2. The van der Waals surface area contributed by atoms with Crippen molar-refractivity contribution in [1.29, 1.82) is 0 Å². The number of anilines is 2. The van der Waals surface area contributed by atoms with E-state index in [0.29, 0.717) is 11.8 Å². The fourth-order valence-corrected chi connectivity index (χ4v) is 47.2. The Morgan fingerprint density at radius 2 is 0.851 bits per heavy atom. The molecular weight excluding hydrogens is 1120 g/mol. The third-order valence-corrected chi connectivity index (χ3v) is 45.3. The van der Waals surface area contributed by atoms with Gasteiger partial charge in [0.15, 0.2) is 0 Å². The number of terminal acetylenes is 1. The first-order valence-corrected chi connectivity index (χ1v) is 44.2. The number of fused-ring (bicyclic) bond motifs is 4. The molecule has 2 aromatic rings. The molecule has 4 atom stereocenters. The van der Waals surface area contributed by atoms with Crippen LogP contribution in [-0.4, -0.2) is 100 Å². The van der Waals surface area contributed by atoms with E-state index < -0.39 is 64.0 Å². The van der Waals surface area contributed by atoms with Crippen LogP contribution in [0.4, 0.5) is 11.4 Å². The van der Waals surface area contributed by atoms with Crippen molar-refractivity contribution in [2.75, 3.05) is 20.9 Å². The molecular formula is C58H104ClGe2LiN6O2P2Si2. The first kappa shape index (κ1) is 66.6. The van der Waals surface area contributed by atoms with E-state index in [2.05, 4.69) is 220 Å². The topological polar surface area (TPSA) is 51.7 Å². The van der Waals surface area contributed by atoms with Gasteiger partial charge in [0, 0.05) is 0 Å². The number of hydrogen-bond acceptors (Lipinski definition) is 8. The molecule has 4 bridgehead atoms. The van der Waals surface area contributed by atoms with Crippen LogP contribution < -0.4 is 31.7 Å². The zero-order valence-corrected chi connectivity index (χ0v) is 62.4. The van der Waals surface area contributed by atoms with Gasteiger partial charge in [-0.15, -0.1) is 19.5 Å². The Morgan fingerprint density at radius 3 is 1.12 bits per heavy atom. The SMILES string of the molecule is C#C.CC[O-].CC[O][GeH2-][N](C1=C([PH+]2N(C(C)(C)C)[Si](C)(C)N2C(C)(C)C)C2CCC1C2)c1c(C)cc(C)cc1C.Cc1cc(C)c([N]([GeH2-][Cl])C2=C([PH+]3N(C(C)(C)C)[Si](C)(C)N3C(C)(C)C)C3CCC2C3)c(C)c1.[Li+]. The predicted molar refractivity (Wildman–Crippen MR) is 335 cm³/mol. The molecule has 2 aliphatic heterocycles. The zero-order chi connectivity index (χ0) is 55.5. The number of rotatable bonds is 10. The van der Waals surface area contributed by atoms with Crippen LogP contribution in [0.1, 0.15) is 169 Å². The summed E-state index contributed by atoms with van der Waals surface area (Å²) in [4.78, 5) is 0.